The number of nitrogens with zero attached hydrogens (tertiary/aromatic N) is 5. The number of nitrogens with one attached hydrogen (secondary N) is 1. The number of rotatable bonds is 7. The molecule has 9 nitrogen and oxygen atoms in total. The Morgan fingerprint density at radius 1 is 1.24 bits per heavy atom. The van der Waals surface area contributed by atoms with Gasteiger partial charge in [0, 0.05) is 45.1 Å². The molecule has 0 bridgehead atoms. The molecule has 1 aliphatic rings. The minimum Gasteiger partial charge on any atom is -0.444 e. The Balaban J connectivity index is 1.72. The van der Waals surface area contributed by atoms with E-state index in [1.165, 1.54) is 0 Å². The molecule has 11 heteroatoms. The van der Waals surface area contributed by atoms with Gasteiger partial charge in [-0.3, -0.25) is 4.57 Å². The van der Waals surface area contributed by atoms with Crippen molar-refractivity contribution in [2.75, 3.05) is 24.6 Å². The van der Waals surface area contributed by atoms with Crippen LogP contribution >= 0.6 is 0 Å². The monoisotopic (exact) mass is 474 g/mol. The molecule has 2 aromatic heterocycles. The number of hydrogen-bond acceptors (Lipinski definition) is 7. The van der Waals surface area contributed by atoms with Crippen molar-refractivity contribution in [3.05, 3.63) is 6.20 Å². The molecular weight excluding hydrogens is 435 g/mol. The van der Waals surface area contributed by atoms with Crippen molar-refractivity contribution in [3.63, 3.8) is 0 Å². The lowest BCUT2D eigenvalue weighted by Gasteiger charge is -2.40. The van der Waals surface area contributed by atoms with Gasteiger partial charge >= 0.3 is 6.09 Å². The third kappa shape index (κ3) is 7.17. The first kappa shape index (κ1) is 25.5. The summed E-state index contributed by atoms with van der Waals surface area (Å²) in [6.07, 6.45) is 2.97. The molecule has 0 saturated carbocycles. The second kappa shape index (κ2) is 9.62. The van der Waals surface area contributed by atoms with Gasteiger partial charge in [-0.1, -0.05) is 19.6 Å². The maximum atomic E-state index is 12.3. The molecule has 0 aromatic carbocycles. The lowest BCUT2D eigenvalue weighted by molar-refractivity contribution is 0.0447. The van der Waals surface area contributed by atoms with Crippen LogP contribution in [0.5, 0.6) is 0 Å². The van der Waals surface area contributed by atoms with Crippen LogP contribution in [0.15, 0.2) is 6.20 Å². The van der Waals surface area contributed by atoms with E-state index in [0.29, 0.717) is 12.4 Å². The van der Waals surface area contributed by atoms with E-state index < -0.39 is 13.7 Å². The van der Waals surface area contributed by atoms with E-state index in [1.807, 2.05) is 33.2 Å². The summed E-state index contributed by atoms with van der Waals surface area (Å²) in [5, 5.41) is 3.07. The third-order valence-electron chi connectivity index (χ3n) is 5.73. The summed E-state index contributed by atoms with van der Waals surface area (Å²) in [4.78, 5) is 28.5. The highest BCUT2D eigenvalue weighted by atomic mass is 28.3. The van der Waals surface area contributed by atoms with Gasteiger partial charge in [0.15, 0.2) is 19.1 Å². The number of amides is 1. The van der Waals surface area contributed by atoms with Crippen LogP contribution in [-0.4, -0.2) is 72.4 Å². The Hall–Kier alpha value is -2.14. The Bertz CT molecular complexity index is 977. The van der Waals surface area contributed by atoms with Crippen molar-refractivity contribution in [2.45, 2.75) is 84.1 Å². The number of imidazole rings is 1. The van der Waals surface area contributed by atoms with Crippen molar-refractivity contribution in [3.8, 4) is 0 Å². The zero-order valence-corrected chi connectivity index (χ0v) is 22.5. The first-order valence-electron chi connectivity index (χ1n) is 11.8. The zero-order valence-electron chi connectivity index (χ0n) is 21.5. The first-order chi connectivity index (χ1) is 15.2. The molecule has 0 radical (unpaired) electrons. The molecule has 1 fully saturated rings. The van der Waals surface area contributed by atoms with Crippen molar-refractivity contribution < 1.29 is 14.3 Å². The van der Waals surface area contributed by atoms with Crippen LogP contribution in [0.25, 0.3) is 11.3 Å². The van der Waals surface area contributed by atoms with E-state index >= 15 is 0 Å². The lowest BCUT2D eigenvalue weighted by atomic mass is 9.90. The summed E-state index contributed by atoms with van der Waals surface area (Å²) in [5.74, 6) is 0.822. The fourth-order valence-corrected chi connectivity index (χ4v) is 4.50. The quantitative estimate of drug-likeness (QED) is 0.486. The Morgan fingerprint density at radius 2 is 1.91 bits per heavy atom. The number of aromatic nitrogens is 4. The van der Waals surface area contributed by atoms with Gasteiger partial charge in [-0.15, -0.1) is 0 Å². The molecule has 0 atom stereocenters. The van der Waals surface area contributed by atoms with Crippen molar-refractivity contribution in [1.82, 2.24) is 24.8 Å². The minimum atomic E-state index is -1.16. The molecule has 2 aromatic rings. The van der Waals surface area contributed by atoms with Gasteiger partial charge in [0.25, 0.3) is 0 Å². The summed E-state index contributed by atoms with van der Waals surface area (Å²) in [7, 11) is 0.757. The van der Waals surface area contributed by atoms with Gasteiger partial charge in [0.2, 0.25) is 5.95 Å². The van der Waals surface area contributed by atoms with Crippen molar-refractivity contribution in [2.24, 2.45) is 0 Å². The summed E-state index contributed by atoms with van der Waals surface area (Å²) in [6.45, 7) is 17.4. The molecule has 33 heavy (non-hydrogen) atoms. The van der Waals surface area contributed by atoms with Crippen LogP contribution in [0.1, 0.15) is 40.5 Å². The Morgan fingerprint density at radius 3 is 2.52 bits per heavy atom. The summed E-state index contributed by atoms with van der Waals surface area (Å²) in [6, 6.07) is 1.11. The standard InChI is InChI=1S/C22H39BN6O3Si/c1-21(2,3)32-20(30)27-22(4)8-10-28(11-9-22)19-26-17-18(24-14-16(23)25-17)29(19)15-31-12-13-33(5,6)7/h14H,8-13,15,23H2,1-7H3,(H,27,30). The molecule has 0 spiro atoms. The summed E-state index contributed by atoms with van der Waals surface area (Å²) in [5.41, 5.74) is 1.38. The van der Waals surface area contributed by atoms with Crippen LogP contribution in [0.3, 0.4) is 0 Å². The average Bonchev–Trinajstić information content (AvgIpc) is 3.00. The number of hydrogen-bond donors (Lipinski definition) is 1. The van der Waals surface area contributed by atoms with E-state index in [-0.39, 0.29) is 11.6 Å². The molecule has 1 amide bonds. The number of alkyl carbamates (subject to hydrolysis) is 1. The molecular formula is C22H39BN6O3Si. The molecule has 0 aliphatic carbocycles. The maximum Gasteiger partial charge on any atom is 0.408 e. The van der Waals surface area contributed by atoms with Gasteiger partial charge in [-0.05, 0) is 46.6 Å². The third-order valence-corrected chi connectivity index (χ3v) is 7.43. The highest BCUT2D eigenvalue weighted by Crippen LogP contribution is 2.28. The summed E-state index contributed by atoms with van der Waals surface area (Å²) < 4.78 is 13.5. The number of carbonyl (C=O) groups is 1. The second-order valence-corrected chi connectivity index (χ2v) is 17.1. The Labute approximate surface area is 199 Å². The summed E-state index contributed by atoms with van der Waals surface area (Å²) >= 11 is 0. The smallest absolute Gasteiger partial charge is 0.408 e. The van der Waals surface area contributed by atoms with Crippen LogP contribution in [0.2, 0.25) is 25.7 Å². The van der Waals surface area contributed by atoms with E-state index in [1.54, 1.807) is 6.20 Å². The predicted molar refractivity (Wildman–Crippen MR) is 137 cm³/mol. The number of ether oxygens (including phenoxy) is 2. The lowest BCUT2D eigenvalue weighted by Crippen LogP contribution is -2.54. The minimum absolute atomic E-state index is 0.323. The van der Waals surface area contributed by atoms with Crippen LogP contribution in [0.4, 0.5) is 10.7 Å². The molecule has 3 heterocycles. The Kier molecular flexibility index (Phi) is 7.43. The van der Waals surface area contributed by atoms with Gasteiger partial charge in [0.1, 0.15) is 12.3 Å². The molecule has 1 saturated heterocycles. The van der Waals surface area contributed by atoms with Gasteiger partial charge in [-0.2, -0.15) is 4.98 Å². The highest BCUT2D eigenvalue weighted by Gasteiger charge is 2.34. The first-order valence-corrected chi connectivity index (χ1v) is 15.5. The zero-order chi connectivity index (χ0) is 24.4. The normalized spacial score (nSPS) is 16.8. The molecule has 3 rings (SSSR count). The number of fused-ring (bicyclic) bond motifs is 1. The second-order valence-electron chi connectivity index (χ2n) is 11.5. The highest BCUT2D eigenvalue weighted by molar-refractivity contribution is 6.76. The van der Waals surface area contributed by atoms with E-state index in [2.05, 4.69) is 46.7 Å². The topological polar surface area (TPSA) is 94.4 Å². The van der Waals surface area contributed by atoms with Crippen LogP contribution in [-0.2, 0) is 16.2 Å². The number of piperidine rings is 1. The average molecular weight is 474 g/mol. The maximum absolute atomic E-state index is 12.3. The fraction of sp³-hybridized carbons (Fsp3) is 0.727. The van der Waals surface area contributed by atoms with Gasteiger partial charge in [0.05, 0.1) is 0 Å². The predicted octanol–water partition coefficient (Wildman–Crippen LogP) is 2.28. The molecule has 0 unspecified atom stereocenters. The number of carbonyl (C=O) groups excluding carboxylic acids is 1. The molecule has 1 aliphatic heterocycles. The van der Waals surface area contributed by atoms with E-state index in [0.717, 1.165) is 55.8 Å². The molecule has 1 N–H and O–H groups in total. The van der Waals surface area contributed by atoms with E-state index in [9.17, 15) is 4.79 Å². The van der Waals surface area contributed by atoms with E-state index in [4.69, 9.17) is 14.5 Å². The SMILES string of the molecule is Bc1cnc2c(n1)nc(N1CCC(C)(NC(=O)OC(C)(C)C)CC1)n2COCC[Si](C)(C)C. The van der Waals surface area contributed by atoms with Crippen molar-refractivity contribution >= 4 is 44.8 Å². The van der Waals surface area contributed by atoms with Crippen LogP contribution < -0.4 is 15.8 Å². The van der Waals surface area contributed by atoms with Gasteiger partial charge < -0.3 is 19.7 Å². The fourth-order valence-electron chi connectivity index (χ4n) is 3.74. The number of anilines is 1. The molecule has 182 valence electrons. The van der Waals surface area contributed by atoms with Crippen molar-refractivity contribution in [1.29, 1.82) is 0 Å². The van der Waals surface area contributed by atoms with Gasteiger partial charge in [-0.25, -0.2) is 14.8 Å². The largest absolute Gasteiger partial charge is 0.444 e. The van der Waals surface area contributed by atoms with Crippen LogP contribution in [0, 0.1) is 0 Å².